The largest absolute Gasteiger partial charge is 0.478 e. The summed E-state index contributed by atoms with van der Waals surface area (Å²) in [6.07, 6.45) is 3.81. The van der Waals surface area contributed by atoms with Gasteiger partial charge in [0.1, 0.15) is 0 Å². The van der Waals surface area contributed by atoms with Crippen LogP contribution in [0.3, 0.4) is 0 Å². The van der Waals surface area contributed by atoms with Crippen LogP contribution in [0.25, 0.3) is 0 Å². The average molecular weight is 558 g/mol. The summed E-state index contributed by atoms with van der Waals surface area (Å²) < 4.78 is 0.221. The lowest BCUT2D eigenvalue weighted by molar-refractivity contribution is -0.134. The fourth-order valence-corrected chi connectivity index (χ4v) is 4.84. The molecule has 9 heteroatoms. The Labute approximate surface area is 194 Å². The first-order valence-electron chi connectivity index (χ1n) is 8.90. The minimum atomic E-state index is -1.26. The van der Waals surface area contributed by atoms with Crippen molar-refractivity contribution in [2.75, 3.05) is 20.6 Å². The van der Waals surface area contributed by atoms with Gasteiger partial charge in [-0.25, -0.2) is 9.59 Å². The van der Waals surface area contributed by atoms with E-state index in [4.69, 9.17) is 33.4 Å². The highest BCUT2D eigenvalue weighted by Gasteiger charge is 2.46. The molecule has 0 bridgehead atoms. The number of nitrogens with zero attached hydrogens (tertiary/aromatic N) is 1. The predicted molar refractivity (Wildman–Crippen MR) is 123 cm³/mol. The maximum Gasteiger partial charge on any atom is 0.328 e. The van der Waals surface area contributed by atoms with Gasteiger partial charge in [0.25, 0.3) is 0 Å². The molecule has 162 valence electrons. The van der Waals surface area contributed by atoms with Crippen LogP contribution < -0.4 is 0 Å². The van der Waals surface area contributed by atoms with Gasteiger partial charge in [-0.15, -0.1) is 0 Å². The number of hydrogen-bond donors (Lipinski definition) is 3. The van der Waals surface area contributed by atoms with Crippen molar-refractivity contribution in [2.45, 2.75) is 41.1 Å². The molecule has 3 unspecified atom stereocenters. The van der Waals surface area contributed by atoms with E-state index in [1.165, 1.54) is 5.56 Å². The molecule has 3 N–H and O–H groups in total. The normalized spacial score (nSPS) is 26.8. The third-order valence-electron chi connectivity index (χ3n) is 4.87. The predicted octanol–water partition coefficient (Wildman–Crippen LogP) is 4.24. The van der Waals surface area contributed by atoms with Gasteiger partial charge in [-0.05, 0) is 58.0 Å². The summed E-state index contributed by atoms with van der Waals surface area (Å²) in [4.78, 5) is 21.3. The van der Waals surface area contributed by atoms with Crippen LogP contribution in [0.4, 0.5) is 0 Å². The summed E-state index contributed by atoms with van der Waals surface area (Å²) in [6, 6.07) is 5.96. The van der Waals surface area contributed by atoms with Gasteiger partial charge in [0.2, 0.25) is 0 Å². The van der Waals surface area contributed by atoms with Crippen molar-refractivity contribution >= 4 is 57.7 Å². The molecule has 3 atom stereocenters. The number of alkyl halides is 1. The lowest BCUT2D eigenvalue weighted by atomic mass is 9.65. The Morgan fingerprint density at radius 2 is 1.72 bits per heavy atom. The third-order valence-corrected chi connectivity index (χ3v) is 7.39. The van der Waals surface area contributed by atoms with Crippen LogP contribution >= 0.6 is 45.8 Å². The number of benzene rings is 1. The molecule has 1 fully saturated rings. The van der Waals surface area contributed by atoms with Crippen LogP contribution in [-0.4, -0.2) is 62.3 Å². The summed E-state index contributed by atoms with van der Waals surface area (Å²) in [5, 5.41) is 27.3. The van der Waals surface area contributed by atoms with Crippen LogP contribution in [0.15, 0.2) is 30.4 Å². The molecule has 0 saturated heterocycles. The Kier molecular flexibility index (Phi) is 9.88. The fourth-order valence-electron chi connectivity index (χ4n) is 3.38. The van der Waals surface area contributed by atoms with Crippen molar-refractivity contribution in [3.8, 4) is 0 Å². The van der Waals surface area contributed by atoms with Gasteiger partial charge in [0.05, 0.1) is 15.6 Å². The molecule has 2 rings (SSSR count). The SMILES string of the molecule is CN(C)CC1(c2ccc(Cl)c(Cl)c2)CCC(C)(O)C(I)C1.O=C(O)C=CC(=O)O. The molecule has 1 aromatic carbocycles. The number of aliphatic hydroxyl groups is 1. The zero-order valence-electron chi connectivity index (χ0n) is 16.5. The second kappa shape index (κ2) is 10.9. The smallest absolute Gasteiger partial charge is 0.328 e. The molecular formula is C20H26Cl2INO5. The summed E-state index contributed by atoms with van der Waals surface area (Å²) in [5.74, 6) is -2.51. The number of carboxylic acids is 2. The Morgan fingerprint density at radius 1 is 1.17 bits per heavy atom. The molecule has 29 heavy (non-hydrogen) atoms. The average Bonchev–Trinajstić information content (AvgIpc) is 2.59. The minimum absolute atomic E-state index is 0.0197. The number of aliphatic carboxylic acids is 2. The lowest BCUT2D eigenvalue weighted by Gasteiger charge is -2.47. The van der Waals surface area contributed by atoms with Crippen molar-refractivity contribution in [3.05, 3.63) is 46.0 Å². The molecule has 0 amide bonds. The van der Waals surface area contributed by atoms with Gasteiger partial charge in [0.15, 0.2) is 0 Å². The molecule has 1 aliphatic rings. The maximum absolute atomic E-state index is 10.5. The van der Waals surface area contributed by atoms with Gasteiger partial charge in [0, 0.05) is 28.0 Å². The number of likely N-dealkylation sites (N-methyl/N-ethyl adjacent to an activating group) is 1. The van der Waals surface area contributed by atoms with E-state index in [-0.39, 0.29) is 9.34 Å². The summed E-state index contributed by atoms with van der Waals surface area (Å²) in [6.45, 7) is 2.89. The molecule has 0 spiro atoms. The highest BCUT2D eigenvalue weighted by molar-refractivity contribution is 14.1. The highest BCUT2D eigenvalue weighted by atomic mass is 127. The lowest BCUT2D eigenvalue weighted by Crippen LogP contribution is -2.51. The summed E-state index contributed by atoms with van der Waals surface area (Å²) in [5.41, 5.74) is 0.654. The molecule has 0 aliphatic heterocycles. The second-order valence-electron chi connectivity index (χ2n) is 7.69. The first kappa shape index (κ1) is 26.2. The van der Waals surface area contributed by atoms with E-state index < -0.39 is 17.5 Å². The zero-order chi connectivity index (χ0) is 22.4. The Bertz CT molecular complexity index is 753. The fraction of sp³-hybridized carbons (Fsp3) is 0.500. The van der Waals surface area contributed by atoms with E-state index in [1.807, 2.05) is 19.1 Å². The van der Waals surface area contributed by atoms with Crippen molar-refractivity contribution in [1.82, 2.24) is 4.90 Å². The second-order valence-corrected chi connectivity index (χ2v) is 10.0. The standard InChI is InChI=1S/C16H22Cl2INO.C4H4O4/c1-15(21)6-7-16(9-14(15)19,10-20(2)3)11-4-5-12(17)13(18)8-11;5-3(6)1-2-4(7)8/h4-5,8,14,21H,6-7,9-10H2,1-3H3;1-2H,(H,5,6)(H,7,8). The van der Waals surface area contributed by atoms with Crippen molar-refractivity contribution in [1.29, 1.82) is 0 Å². The first-order chi connectivity index (χ1) is 13.3. The van der Waals surface area contributed by atoms with E-state index in [0.29, 0.717) is 22.2 Å². The van der Waals surface area contributed by atoms with Gasteiger partial charge >= 0.3 is 11.9 Å². The molecule has 1 aromatic rings. The van der Waals surface area contributed by atoms with Crippen molar-refractivity contribution in [2.24, 2.45) is 0 Å². The van der Waals surface area contributed by atoms with Crippen LogP contribution in [0.5, 0.6) is 0 Å². The van der Waals surface area contributed by atoms with Crippen LogP contribution in [0.2, 0.25) is 10.0 Å². The monoisotopic (exact) mass is 557 g/mol. The molecule has 0 radical (unpaired) electrons. The van der Waals surface area contributed by atoms with Crippen LogP contribution in [-0.2, 0) is 15.0 Å². The minimum Gasteiger partial charge on any atom is -0.478 e. The third kappa shape index (κ3) is 8.05. The number of rotatable bonds is 5. The number of carboxylic acid groups (broad SMARTS) is 2. The number of carbonyl (C=O) groups is 2. The Morgan fingerprint density at radius 3 is 2.14 bits per heavy atom. The van der Waals surface area contributed by atoms with Gasteiger partial charge in [-0.3, -0.25) is 0 Å². The number of halogens is 3. The molecular weight excluding hydrogens is 532 g/mol. The molecule has 6 nitrogen and oxygen atoms in total. The topological polar surface area (TPSA) is 98.1 Å². The van der Waals surface area contributed by atoms with Crippen LogP contribution in [0, 0.1) is 0 Å². The maximum atomic E-state index is 10.5. The van der Waals surface area contributed by atoms with E-state index in [1.54, 1.807) is 0 Å². The van der Waals surface area contributed by atoms with Crippen molar-refractivity contribution in [3.63, 3.8) is 0 Å². The molecule has 0 heterocycles. The van der Waals surface area contributed by atoms with Crippen molar-refractivity contribution < 1.29 is 24.9 Å². The van der Waals surface area contributed by atoms with Gasteiger partial charge < -0.3 is 20.2 Å². The van der Waals surface area contributed by atoms with Gasteiger partial charge in [-0.1, -0.05) is 51.9 Å². The van der Waals surface area contributed by atoms with Crippen LogP contribution in [0.1, 0.15) is 31.7 Å². The highest BCUT2D eigenvalue weighted by Crippen LogP contribution is 2.47. The van der Waals surface area contributed by atoms with Gasteiger partial charge in [-0.2, -0.15) is 0 Å². The quantitative estimate of drug-likeness (QED) is 0.284. The first-order valence-corrected chi connectivity index (χ1v) is 10.9. The van der Waals surface area contributed by atoms with E-state index in [0.717, 1.165) is 25.8 Å². The zero-order valence-corrected chi connectivity index (χ0v) is 20.2. The summed E-state index contributed by atoms with van der Waals surface area (Å²) >= 11 is 14.7. The molecule has 1 aliphatic carbocycles. The Hall–Kier alpha value is -0.870. The van der Waals surface area contributed by atoms with E-state index >= 15 is 0 Å². The summed E-state index contributed by atoms with van der Waals surface area (Å²) in [7, 11) is 4.18. The number of hydrogen-bond acceptors (Lipinski definition) is 4. The van der Waals surface area contributed by atoms with E-state index in [2.05, 4.69) is 47.7 Å². The van der Waals surface area contributed by atoms with E-state index in [9.17, 15) is 14.7 Å². The molecule has 0 aromatic heterocycles. The molecule has 1 saturated carbocycles. The Balaban J connectivity index is 0.000000447.